The van der Waals surface area contributed by atoms with Crippen LogP contribution in [0.2, 0.25) is 0 Å². The highest BCUT2D eigenvalue weighted by atomic mass is 19.1. The van der Waals surface area contributed by atoms with Crippen molar-refractivity contribution in [3.05, 3.63) is 53.3 Å². The van der Waals surface area contributed by atoms with Gasteiger partial charge in [-0.1, -0.05) is 0 Å². The van der Waals surface area contributed by atoms with Gasteiger partial charge in [-0.15, -0.1) is 0 Å². The van der Waals surface area contributed by atoms with Gasteiger partial charge in [0.15, 0.2) is 0 Å². The van der Waals surface area contributed by atoms with Gasteiger partial charge in [0.05, 0.1) is 5.69 Å². The molecular weight excluding hydrogens is 233 g/mol. The monoisotopic (exact) mass is 245 g/mol. The number of aliphatic imine (C=N–C) groups is 1. The van der Waals surface area contributed by atoms with Gasteiger partial charge in [0.25, 0.3) is 0 Å². The first-order chi connectivity index (χ1) is 8.56. The van der Waals surface area contributed by atoms with Gasteiger partial charge in [-0.3, -0.25) is 4.99 Å². The summed E-state index contributed by atoms with van der Waals surface area (Å²) in [6.45, 7) is 1.76. The molecule has 0 aliphatic heterocycles. The maximum atomic E-state index is 12.7. The number of rotatable bonds is 2. The Bertz CT molecular complexity index is 568. The summed E-state index contributed by atoms with van der Waals surface area (Å²) in [7, 11) is 0. The van der Waals surface area contributed by atoms with Crippen LogP contribution in [0, 0.1) is 12.7 Å². The van der Waals surface area contributed by atoms with E-state index in [1.807, 2.05) is 0 Å². The van der Waals surface area contributed by atoms with Gasteiger partial charge >= 0.3 is 0 Å². The molecule has 0 heterocycles. The third-order valence-electron chi connectivity index (χ3n) is 2.52. The molecule has 0 saturated heterocycles. The topological polar surface area (TPSA) is 52.8 Å². The van der Waals surface area contributed by atoms with Crippen LogP contribution in [0.4, 0.5) is 10.1 Å². The van der Waals surface area contributed by atoms with Crippen molar-refractivity contribution in [2.45, 2.75) is 6.92 Å². The van der Waals surface area contributed by atoms with Crippen LogP contribution in [-0.4, -0.2) is 16.4 Å². The minimum Gasteiger partial charge on any atom is -0.508 e. The average Bonchev–Trinajstić information content (AvgIpc) is 2.30. The molecule has 0 fully saturated rings. The number of nitrogens with zero attached hydrogens (tertiary/aromatic N) is 1. The van der Waals surface area contributed by atoms with Crippen molar-refractivity contribution in [2.24, 2.45) is 4.99 Å². The molecule has 18 heavy (non-hydrogen) atoms. The third kappa shape index (κ3) is 2.66. The van der Waals surface area contributed by atoms with Gasteiger partial charge in [0.1, 0.15) is 17.3 Å². The normalized spacial score (nSPS) is 11.0. The summed E-state index contributed by atoms with van der Waals surface area (Å²) in [6, 6.07) is 8.49. The predicted octanol–water partition coefficient (Wildman–Crippen LogP) is 3.30. The summed E-state index contributed by atoms with van der Waals surface area (Å²) in [5, 5.41) is 19.0. The lowest BCUT2D eigenvalue weighted by Crippen LogP contribution is -1.87. The molecule has 0 bridgehead atoms. The van der Waals surface area contributed by atoms with E-state index in [0.717, 1.165) is 0 Å². The average molecular weight is 245 g/mol. The number of phenols is 2. The number of aromatic hydroxyl groups is 2. The zero-order valence-electron chi connectivity index (χ0n) is 9.76. The lowest BCUT2D eigenvalue weighted by Gasteiger charge is -2.04. The minimum absolute atomic E-state index is 0.00364. The molecule has 92 valence electrons. The van der Waals surface area contributed by atoms with E-state index in [1.54, 1.807) is 19.1 Å². The van der Waals surface area contributed by atoms with Crippen LogP contribution < -0.4 is 0 Å². The van der Waals surface area contributed by atoms with Gasteiger partial charge in [0, 0.05) is 17.8 Å². The molecule has 0 aromatic heterocycles. The van der Waals surface area contributed by atoms with Crippen molar-refractivity contribution >= 4 is 11.9 Å². The highest BCUT2D eigenvalue weighted by molar-refractivity contribution is 5.87. The zero-order valence-corrected chi connectivity index (χ0v) is 9.76. The van der Waals surface area contributed by atoms with E-state index < -0.39 is 0 Å². The summed E-state index contributed by atoms with van der Waals surface area (Å²) < 4.78 is 12.7. The molecule has 2 aromatic rings. The van der Waals surface area contributed by atoms with Crippen LogP contribution in [0.1, 0.15) is 11.1 Å². The summed E-state index contributed by atoms with van der Waals surface area (Å²) >= 11 is 0. The standard InChI is InChI=1S/C14H12FNO2/c1-9-6-12(17)7-14(18)13(9)8-16-11-4-2-10(15)3-5-11/h2-8,17-18H,1H3. The van der Waals surface area contributed by atoms with E-state index >= 15 is 0 Å². The van der Waals surface area contributed by atoms with Crippen LogP contribution in [0.15, 0.2) is 41.4 Å². The first kappa shape index (κ1) is 12.1. The van der Waals surface area contributed by atoms with Crippen molar-refractivity contribution in [2.75, 3.05) is 0 Å². The molecule has 4 heteroatoms. The molecule has 3 nitrogen and oxygen atoms in total. The Morgan fingerprint density at radius 3 is 2.39 bits per heavy atom. The van der Waals surface area contributed by atoms with Crippen LogP contribution in [0.3, 0.4) is 0 Å². The molecule has 0 radical (unpaired) electrons. The van der Waals surface area contributed by atoms with Crippen LogP contribution >= 0.6 is 0 Å². The van der Waals surface area contributed by atoms with Crippen molar-refractivity contribution in [3.63, 3.8) is 0 Å². The second-order valence-electron chi connectivity index (χ2n) is 3.93. The lowest BCUT2D eigenvalue weighted by atomic mass is 10.1. The Morgan fingerprint density at radius 1 is 1.11 bits per heavy atom. The van der Waals surface area contributed by atoms with E-state index in [2.05, 4.69) is 4.99 Å². The van der Waals surface area contributed by atoms with E-state index in [4.69, 9.17) is 0 Å². The maximum Gasteiger partial charge on any atom is 0.128 e. The van der Waals surface area contributed by atoms with Gasteiger partial charge in [-0.2, -0.15) is 0 Å². The maximum absolute atomic E-state index is 12.7. The molecule has 0 amide bonds. The van der Waals surface area contributed by atoms with Gasteiger partial charge < -0.3 is 10.2 Å². The Balaban J connectivity index is 2.31. The van der Waals surface area contributed by atoms with E-state index in [9.17, 15) is 14.6 Å². The molecule has 0 spiro atoms. The third-order valence-corrected chi connectivity index (χ3v) is 2.52. The van der Waals surface area contributed by atoms with Crippen molar-refractivity contribution < 1.29 is 14.6 Å². The largest absolute Gasteiger partial charge is 0.508 e. The van der Waals surface area contributed by atoms with Crippen LogP contribution in [0.5, 0.6) is 11.5 Å². The van der Waals surface area contributed by atoms with Gasteiger partial charge in [0.2, 0.25) is 0 Å². The van der Waals surface area contributed by atoms with E-state index in [0.29, 0.717) is 16.8 Å². The first-order valence-electron chi connectivity index (χ1n) is 5.38. The SMILES string of the molecule is Cc1cc(O)cc(O)c1C=Nc1ccc(F)cc1. The minimum atomic E-state index is -0.322. The van der Waals surface area contributed by atoms with Crippen LogP contribution in [-0.2, 0) is 0 Å². The number of phenolic OH excluding ortho intramolecular Hbond substituents is 2. The number of aryl methyl sites for hydroxylation is 1. The number of hydrogen-bond donors (Lipinski definition) is 2. The molecule has 0 unspecified atom stereocenters. The Hall–Kier alpha value is -2.36. The quantitative estimate of drug-likeness (QED) is 0.797. The summed E-state index contributed by atoms with van der Waals surface area (Å²) in [6.07, 6.45) is 1.48. The Labute approximate surface area is 104 Å². The smallest absolute Gasteiger partial charge is 0.128 e. The molecule has 0 aliphatic carbocycles. The number of benzene rings is 2. The Morgan fingerprint density at radius 2 is 1.78 bits per heavy atom. The molecule has 2 rings (SSSR count). The second kappa shape index (κ2) is 4.87. The number of halogens is 1. The van der Waals surface area contributed by atoms with Gasteiger partial charge in [-0.25, -0.2) is 4.39 Å². The summed E-state index contributed by atoms with van der Waals surface area (Å²) in [5.74, 6) is -0.361. The second-order valence-corrected chi connectivity index (χ2v) is 3.93. The fourth-order valence-electron chi connectivity index (χ4n) is 1.60. The number of hydrogen-bond acceptors (Lipinski definition) is 3. The van der Waals surface area contributed by atoms with Crippen molar-refractivity contribution in [1.29, 1.82) is 0 Å². The summed E-state index contributed by atoms with van der Waals surface area (Å²) in [5.41, 5.74) is 1.82. The Kier molecular flexibility index (Phi) is 3.28. The summed E-state index contributed by atoms with van der Waals surface area (Å²) in [4.78, 5) is 4.14. The fourth-order valence-corrected chi connectivity index (χ4v) is 1.60. The lowest BCUT2D eigenvalue weighted by molar-refractivity contribution is 0.449. The highest BCUT2D eigenvalue weighted by Crippen LogP contribution is 2.25. The molecule has 0 saturated carbocycles. The predicted molar refractivity (Wildman–Crippen MR) is 68.2 cm³/mol. The zero-order chi connectivity index (χ0) is 13.1. The van der Waals surface area contributed by atoms with E-state index in [-0.39, 0.29) is 17.3 Å². The molecule has 0 aliphatic rings. The van der Waals surface area contributed by atoms with Crippen molar-refractivity contribution in [1.82, 2.24) is 0 Å². The highest BCUT2D eigenvalue weighted by Gasteiger charge is 2.04. The fraction of sp³-hybridized carbons (Fsp3) is 0.0714. The molecule has 2 aromatic carbocycles. The molecule has 0 atom stereocenters. The molecular formula is C14H12FNO2. The van der Waals surface area contributed by atoms with Crippen molar-refractivity contribution in [3.8, 4) is 11.5 Å². The van der Waals surface area contributed by atoms with Crippen LogP contribution in [0.25, 0.3) is 0 Å². The van der Waals surface area contributed by atoms with Gasteiger partial charge in [-0.05, 0) is 42.8 Å². The first-order valence-corrected chi connectivity index (χ1v) is 5.38. The molecule has 2 N–H and O–H groups in total. The van der Waals surface area contributed by atoms with E-state index in [1.165, 1.54) is 30.5 Å².